The van der Waals surface area contributed by atoms with Crippen LogP contribution in [0.1, 0.15) is 26.7 Å². The first-order valence-electron chi connectivity index (χ1n) is 5.72. The minimum atomic E-state index is -0.329. The third-order valence-electron chi connectivity index (χ3n) is 2.48. The van der Waals surface area contributed by atoms with Gasteiger partial charge in [-0.3, -0.25) is 4.79 Å². The van der Waals surface area contributed by atoms with E-state index in [0.717, 1.165) is 26.1 Å². The minimum Gasteiger partial charge on any atom is -0.342 e. The molecule has 1 amide bonds. The summed E-state index contributed by atoms with van der Waals surface area (Å²) in [4.78, 5) is 15.7. The number of likely N-dealkylation sites (N-methyl/N-ethyl adjacent to an activating group) is 1. The normalized spacial score (nSPS) is 12.9. The van der Waals surface area contributed by atoms with Crippen molar-refractivity contribution >= 4 is 5.91 Å². The highest BCUT2D eigenvalue weighted by Crippen LogP contribution is 1.99. The van der Waals surface area contributed by atoms with Crippen LogP contribution in [0.5, 0.6) is 0 Å². The molecule has 0 aliphatic carbocycles. The van der Waals surface area contributed by atoms with Gasteiger partial charge in [-0.25, -0.2) is 0 Å². The van der Waals surface area contributed by atoms with Gasteiger partial charge in [-0.2, -0.15) is 0 Å². The average Bonchev–Trinajstić information content (AvgIpc) is 2.22. The van der Waals surface area contributed by atoms with Gasteiger partial charge in [0.1, 0.15) is 0 Å². The number of nitrogens with two attached hydrogens (primary N) is 1. The molecule has 4 heteroatoms. The van der Waals surface area contributed by atoms with Crippen LogP contribution in [-0.2, 0) is 4.79 Å². The molecule has 0 rings (SSSR count). The number of hydrogen-bond donors (Lipinski definition) is 1. The van der Waals surface area contributed by atoms with Gasteiger partial charge in [-0.1, -0.05) is 6.92 Å². The molecule has 0 spiro atoms. The molecule has 1 atom stereocenters. The van der Waals surface area contributed by atoms with Crippen LogP contribution in [-0.4, -0.2) is 55.5 Å². The molecule has 0 aliphatic rings. The molecular formula is C11H25N3O. The van der Waals surface area contributed by atoms with Crippen LogP contribution in [0.4, 0.5) is 0 Å². The van der Waals surface area contributed by atoms with Crippen LogP contribution in [0.3, 0.4) is 0 Å². The van der Waals surface area contributed by atoms with Crippen molar-refractivity contribution in [1.29, 1.82) is 0 Å². The molecule has 0 aliphatic heterocycles. The number of amides is 1. The van der Waals surface area contributed by atoms with E-state index in [1.54, 1.807) is 0 Å². The lowest BCUT2D eigenvalue weighted by Gasteiger charge is -2.24. The van der Waals surface area contributed by atoms with Crippen LogP contribution in [0, 0.1) is 0 Å². The molecule has 0 saturated carbocycles. The molecule has 15 heavy (non-hydrogen) atoms. The van der Waals surface area contributed by atoms with E-state index in [9.17, 15) is 4.79 Å². The number of carbonyl (C=O) groups excluding carboxylic acids is 1. The Morgan fingerprint density at radius 1 is 1.27 bits per heavy atom. The fourth-order valence-corrected chi connectivity index (χ4v) is 1.41. The smallest absolute Gasteiger partial charge is 0.239 e. The van der Waals surface area contributed by atoms with Gasteiger partial charge in [0.05, 0.1) is 6.04 Å². The Bertz CT molecular complexity index is 183. The van der Waals surface area contributed by atoms with Gasteiger partial charge in [0.25, 0.3) is 0 Å². The number of rotatable bonds is 7. The van der Waals surface area contributed by atoms with Crippen molar-refractivity contribution in [2.24, 2.45) is 5.73 Å². The van der Waals surface area contributed by atoms with Crippen molar-refractivity contribution in [2.45, 2.75) is 32.7 Å². The maximum absolute atomic E-state index is 11.8. The summed E-state index contributed by atoms with van der Waals surface area (Å²) < 4.78 is 0. The lowest BCUT2D eigenvalue weighted by Crippen LogP contribution is -2.44. The summed E-state index contributed by atoms with van der Waals surface area (Å²) >= 11 is 0. The third kappa shape index (κ3) is 5.74. The van der Waals surface area contributed by atoms with Gasteiger partial charge in [0, 0.05) is 13.1 Å². The summed E-state index contributed by atoms with van der Waals surface area (Å²) in [7, 11) is 4.08. The predicted molar refractivity (Wildman–Crippen MR) is 63.7 cm³/mol. The molecule has 0 aromatic carbocycles. The summed E-state index contributed by atoms with van der Waals surface area (Å²) in [6, 6.07) is -0.329. The van der Waals surface area contributed by atoms with Crippen molar-refractivity contribution in [2.75, 3.05) is 33.7 Å². The Labute approximate surface area is 93.4 Å². The van der Waals surface area contributed by atoms with E-state index in [2.05, 4.69) is 4.90 Å². The van der Waals surface area contributed by atoms with Crippen molar-refractivity contribution in [3.63, 3.8) is 0 Å². The molecule has 1 unspecified atom stereocenters. The second-order valence-electron chi connectivity index (χ2n) is 4.09. The Kier molecular flexibility index (Phi) is 7.34. The second kappa shape index (κ2) is 7.65. The van der Waals surface area contributed by atoms with Gasteiger partial charge in [-0.15, -0.1) is 0 Å². The minimum absolute atomic E-state index is 0.0822. The summed E-state index contributed by atoms with van der Waals surface area (Å²) in [5, 5.41) is 0. The number of nitrogens with zero attached hydrogens (tertiary/aromatic N) is 2. The largest absolute Gasteiger partial charge is 0.342 e. The van der Waals surface area contributed by atoms with Gasteiger partial charge in [0.2, 0.25) is 5.91 Å². The SMILES string of the molecule is CCC(N)C(=O)N(CC)CCCN(C)C. The summed E-state index contributed by atoms with van der Waals surface area (Å²) in [6.07, 6.45) is 1.71. The standard InChI is InChI=1S/C11H25N3O/c1-5-10(12)11(15)14(6-2)9-7-8-13(3)4/h10H,5-9,12H2,1-4H3. The van der Waals surface area contributed by atoms with E-state index in [1.807, 2.05) is 32.8 Å². The first-order chi connectivity index (χ1) is 7.02. The predicted octanol–water partition coefficient (Wildman–Crippen LogP) is 0.524. The molecular weight excluding hydrogens is 190 g/mol. The van der Waals surface area contributed by atoms with E-state index in [0.29, 0.717) is 6.42 Å². The maximum Gasteiger partial charge on any atom is 0.239 e. The van der Waals surface area contributed by atoms with Gasteiger partial charge >= 0.3 is 0 Å². The van der Waals surface area contributed by atoms with Crippen LogP contribution in [0.25, 0.3) is 0 Å². The van der Waals surface area contributed by atoms with E-state index in [-0.39, 0.29) is 11.9 Å². The van der Waals surface area contributed by atoms with Crippen molar-refractivity contribution < 1.29 is 4.79 Å². The monoisotopic (exact) mass is 215 g/mol. The van der Waals surface area contributed by atoms with Gasteiger partial charge in [0.15, 0.2) is 0 Å². The lowest BCUT2D eigenvalue weighted by atomic mass is 10.2. The van der Waals surface area contributed by atoms with E-state index < -0.39 is 0 Å². The fraction of sp³-hybridized carbons (Fsp3) is 0.909. The topological polar surface area (TPSA) is 49.6 Å². The second-order valence-corrected chi connectivity index (χ2v) is 4.09. The van der Waals surface area contributed by atoms with E-state index in [4.69, 9.17) is 5.73 Å². The highest BCUT2D eigenvalue weighted by molar-refractivity contribution is 5.81. The molecule has 0 aromatic rings. The Morgan fingerprint density at radius 2 is 1.87 bits per heavy atom. The first-order valence-corrected chi connectivity index (χ1v) is 5.72. The molecule has 0 aromatic heterocycles. The summed E-state index contributed by atoms with van der Waals surface area (Å²) in [6.45, 7) is 6.50. The summed E-state index contributed by atoms with van der Waals surface area (Å²) in [5.74, 6) is 0.0822. The fourth-order valence-electron chi connectivity index (χ4n) is 1.41. The zero-order chi connectivity index (χ0) is 11.8. The lowest BCUT2D eigenvalue weighted by molar-refractivity contribution is -0.132. The molecule has 0 heterocycles. The highest BCUT2D eigenvalue weighted by Gasteiger charge is 2.17. The first kappa shape index (κ1) is 14.4. The quantitative estimate of drug-likeness (QED) is 0.674. The third-order valence-corrected chi connectivity index (χ3v) is 2.48. The van der Waals surface area contributed by atoms with Crippen LogP contribution < -0.4 is 5.73 Å². The average molecular weight is 215 g/mol. The van der Waals surface area contributed by atoms with E-state index >= 15 is 0 Å². The van der Waals surface area contributed by atoms with Crippen molar-refractivity contribution in [3.05, 3.63) is 0 Å². The Hall–Kier alpha value is -0.610. The zero-order valence-corrected chi connectivity index (χ0v) is 10.5. The van der Waals surface area contributed by atoms with Gasteiger partial charge in [-0.05, 0) is 40.4 Å². The van der Waals surface area contributed by atoms with Crippen LogP contribution in [0.15, 0.2) is 0 Å². The molecule has 0 radical (unpaired) electrons. The molecule has 90 valence electrons. The van der Waals surface area contributed by atoms with Gasteiger partial charge < -0.3 is 15.5 Å². The molecule has 2 N–H and O–H groups in total. The van der Waals surface area contributed by atoms with Crippen molar-refractivity contribution in [1.82, 2.24) is 9.80 Å². The summed E-state index contributed by atoms with van der Waals surface area (Å²) in [5.41, 5.74) is 5.72. The molecule has 0 fully saturated rings. The highest BCUT2D eigenvalue weighted by atomic mass is 16.2. The van der Waals surface area contributed by atoms with Crippen LogP contribution >= 0.6 is 0 Å². The number of hydrogen-bond acceptors (Lipinski definition) is 3. The van der Waals surface area contributed by atoms with E-state index in [1.165, 1.54) is 0 Å². The zero-order valence-electron chi connectivity index (χ0n) is 10.5. The molecule has 4 nitrogen and oxygen atoms in total. The Balaban J connectivity index is 3.96. The number of carbonyl (C=O) groups is 1. The molecule has 0 saturated heterocycles. The van der Waals surface area contributed by atoms with Crippen LogP contribution in [0.2, 0.25) is 0 Å². The Morgan fingerprint density at radius 3 is 2.27 bits per heavy atom. The molecule has 0 bridgehead atoms. The van der Waals surface area contributed by atoms with Crippen molar-refractivity contribution in [3.8, 4) is 0 Å². The maximum atomic E-state index is 11.8.